The molecule has 0 amide bonds. The zero-order valence-electron chi connectivity index (χ0n) is 15.0. The van der Waals surface area contributed by atoms with E-state index in [1.165, 1.54) is 0 Å². The largest absolute Gasteiger partial charge is 0.274 e. The van der Waals surface area contributed by atoms with Gasteiger partial charge >= 0.3 is 0 Å². The number of para-hydroxylation sites is 4. The minimum absolute atomic E-state index is 0.0303. The Labute approximate surface area is 169 Å². The summed E-state index contributed by atoms with van der Waals surface area (Å²) in [6.45, 7) is 0. The Hall–Kier alpha value is -2.58. The number of aromatic nitrogens is 4. The number of fused-ring (bicyclic) bond motifs is 2. The molecular weight excluding hydrogens is 392 g/mol. The highest BCUT2D eigenvalue weighted by Crippen LogP contribution is 2.24. The van der Waals surface area contributed by atoms with Crippen LogP contribution in [0.2, 0.25) is 0 Å². The van der Waals surface area contributed by atoms with Crippen molar-refractivity contribution < 1.29 is 9.59 Å². The first-order valence-corrected chi connectivity index (χ1v) is 11.4. The molecule has 4 aromatic rings. The minimum Gasteiger partial charge on any atom is -0.274 e. The van der Waals surface area contributed by atoms with Gasteiger partial charge in [-0.1, -0.05) is 45.9 Å². The first-order valence-electron chi connectivity index (χ1n) is 8.89. The normalized spacial score (nSPS) is 11.3. The van der Waals surface area contributed by atoms with Crippen LogP contribution < -0.4 is 0 Å². The van der Waals surface area contributed by atoms with Crippen LogP contribution in [0.5, 0.6) is 0 Å². The fourth-order valence-corrected chi connectivity index (χ4v) is 4.89. The lowest BCUT2D eigenvalue weighted by Gasteiger charge is -2.04. The predicted molar refractivity (Wildman–Crippen MR) is 115 cm³/mol. The van der Waals surface area contributed by atoms with E-state index in [2.05, 4.69) is 9.97 Å². The molecule has 142 valence electrons. The third-order valence-electron chi connectivity index (χ3n) is 4.33. The van der Waals surface area contributed by atoms with Gasteiger partial charge in [0.2, 0.25) is 11.8 Å². The quantitative estimate of drug-likeness (QED) is 0.329. The predicted octanol–water partition coefficient (Wildman–Crippen LogP) is 4.53. The van der Waals surface area contributed by atoms with E-state index >= 15 is 0 Å². The van der Waals surface area contributed by atoms with Crippen LogP contribution in [0.4, 0.5) is 0 Å². The Morgan fingerprint density at radius 2 is 1.14 bits per heavy atom. The zero-order chi connectivity index (χ0) is 19.3. The number of imidazole rings is 2. The van der Waals surface area contributed by atoms with Gasteiger partial charge in [0.05, 0.1) is 22.1 Å². The van der Waals surface area contributed by atoms with E-state index in [1.807, 2.05) is 48.5 Å². The molecule has 0 unspecified atom stereocenters. The third kappa shape index (κ3) is 3.98. The average molecular weight is 411 g/mol. The second-order valence-corrected chi connectivity index (χ2v) is 8.84. The van der Waals surface area contributed by atoms with Crippen LogP contribution in [0.1, 0.15) is 22.4 Å². The van der Waals surface area contributed by atoms with E-state index in [-0.39, 0.29) is 11.8 Å². The van der Waals surface area contributed by atoms with Crippen molar-refractivity contribution in [1.29, 1.82) is 0 Å². The molecular formula is C20H18N4O2S2. The van der Waals surface area contributed by atoms with Crippen molar-refractivity contribution in [3.63, 3.8) is 0 Å². The highest BCUT2D eigenvalue weighted by molar-refractivity contribution is 8.76. The minimum atomic E-state index is 0.0303. The number of carbonyl (C=O) groups excluding carboxylic acids is 2. The molecule has 0 fully saturated rings. The van der Waals surface area contributed by atoms with Gasteiger partial charge in [-0.2, -0.15) is 0 Å². The number of hydrogen-bond donors (Lipinski definition) is 0. The molecule has 8 heteroatoms. The van der Waals surface area contributed by atoms with Crippen LogP contribution in [0.15, 0.2) is 61.2 Å². The van der Waals surface area contributed by atoms with E-state index in [4.69, 9.17) is 0 Å². The number of nitrogens with zero attached hydrogens (tertiary/aromatic N) is 4. The molecule has 0 atom stereocenters. The van der Waals surface area contributed by atoms with E-state index in [1.54, 1.807) is 43.4 Å². The molecule has 0 spiro atoms. The Kier molecular flexibility index (Phi) is 5.78. The summed E-state index contributed by atoms with van der Waals surface area (Å²) in [4.78, 5) is 33.2. The van der Waals surface area contributed by atoms with Crippen LogP contribution in [0.25, 0.3) is 22.1 Å². The van der Waals surface area contributed by atoms with Crippen molar-refractivity contribution in [2.75, 3.05) is 11.5 Å². The molecule has 0 radical (unpaired) electrons. The Morgan fingerprint density at radius 3 is 1.61 bits per heavy atom. The van der Waals surface area contributed by atoms with Crippen molar-refractivity contribution in [3.8, 4) is 0 Å². The highest BCUT2D eigenvalue weighted by Gasteiger charge is 2.11. The summed E-state index contributed by atoms with van der Waals surface area (Å²) in [5.74, 6) is 1.45. The number of benzene rings is 2. The van der Waals surface area contributed by atoms with Gasteiger partial charge in [-0.25, -0.2) is 9.97 Å². The smallest absolute Gasteiger partial charge is 0.233 e. The first kappa shape index (κ1) is 18.8. The molecule has 0 N–H and O–H groups in total. The molecule has 0 saturated heterocycles. The standard InChI is InChI=1S/C20H18N4O2S2/c25-19(23-13-21-15-5-1-3-7-17(15)23)9-11-27-28-12-10-20(26)24-14-22-16-6-2-4-8-18(16)24/h1-8,13-14H,9-12H2. The zero-order valence-corrected chi connectivity index (χ0v) is 16.7. The second kappa shape index (κ2) is 8.62. The molecule has 0 aliphatic heterocycles. The average Bonchev–Trinajstić information content (AvgIpc) is 3.34. The van der Waals surface area contributed by atoms with Gasteiger partial charge in [0, 0.05) is 24.3 Å². The molecule has 0 aliphatic rings. The van der Waals surface area contributed by atoms with Crippen LogP contribution in [-0.2, 0) is 0 Å². The summed E-state index contributed by atoms with van der Waals surface area (Å²) < 4.78 is 3.21. The lowest BCUT2D eigenvalue weighted by Crippen LogP contribution is -2.10. The Morgan fingerprint density at radius 1 is 0.714 bits per heavy atom. The van der Waals surface area contributed by atoms with E-state index in [0.717, 1.165) is 22.1 Å². The summed E-state index contributed by atoms with van der Waals surface area (Å²) in [5.41, 5.74) is 3.32. The second-order valence-electron chi connectivity index (χ2n) is 6.14. The van der Waals surface area contributed by atoms with Gasteiger partial charge in [0.1, 0.15) is 12.7 Å². The first-order chi connectivity index (χ1) is 13.7. The van der Waals surface area contributed by atoms with E-state index < -0.39 is 0 Å². The van der Waals surface area contributed by atoms with Gasteiger partial charge in [0.25, 0.3) is 0 Å². The van der Waals surface area contributed by atoms with Gasteiger partial charge in [-0.15, -0.1) is 0 Å². The van der Waals surface area contributed by atoms with Crippen molar-refractivity contribution in [2.45, 2.75) is 12.8 Å². The SMILES string of the molecule is O=C(CCSSCCC(=O)n1cnc2ccccc21)n1cnc2ccccc21. The molecule has 0 bridgehead atoms. The Balaban J connectivity index is 1.21. The maximum absolute atomic E-state index is 12.4. The molecule has 28 heavy (non-hydrogen) atoms. The molecule has 2 heterocycles. The summed E-state index contributed by atoms with van der Waals surface area (Å²) in [5, 5.41) is 0. The number of rotatable bonds is 7. The van der Waals surface area contributed by atoms with Crippen molar-refractivity contribution in [1.82, 2.24) is 19.1 Å². The van der Waals surface area contributed by atoms with Crippen LogP contribution >= 0.6 is 21.6 Å². The Bertz CT molecular complexity index is 1050. The summed E-state index contributed by atoms with van der Waals surface area (Å²) >= 11 is 0. The number of carbonyl (C=O) groups is 2. The summed E-state index contributed by atoms with van der Waals surface area (Å²) in [7, 11) is 3.22. The molecule has 0 saturated carbocycles. The highest BCUT2D eigenvalue weighted by atomic mass is 33.1. The van der Waals surface area contributed by atoms with E-state index in [9.17, 15) is 9.59 Å². The maximum Gasteiger partial charge on any atom is 0.233 e. The van der Waals surface area contributed by atoms with Gasteiger partial charge in [-0.3, -0.25) is 18.7 Å². The lowest BCUT2D eigenvalue weighted by atomic mass is 10.3. The molecule has 0 aliphatic carbocycles. The topological polar surface area (TPSA) is 69.8 Å². The van der Waals surface area contributed by atoms with Gasteiger partial charge < -0.3 is 0 Å². The van der Waals surface area contributed by atoms with Gasteiger partial charge in [0.15, 0.2) is 0 Å². The van der Waals surface area contributed by atoms with Crippen molar-refractivity contribution >= 4 is 55.5 Å². The van der Waals surface area contributed by atoms with Gasteiger partial charge in [-0.05, 0) is 24.3 Å². The molecule has 2 aromatic heterocycles. The van der Waals surface area contributed by atoms with Crippen molar-refractivity contribution in [2.24, 2.45) is 0 Å². The van der Waals surface area contributed by atoms with Crippen LogP contribution in [-0.4, -0.2) is 42.4 Å². The fourth-order valence-electron chi connectivity index (χ4n) is 2.93. The van der Waals surface area contributed by atoms with E-state index in [0.29, 0.717) is 24.3 Å². The molecule has 6 nitrogen and oxygen atoms in total. The van der Waals surface area contributed by atoms with Crippen molar-refractivity contribution in [3.05, 3.63) is 61.2 Å². The maximum atomic E-state index is 12.4. The molecule has 4 rings (SSSR count). The monoisotopic (exact) mass is 410 g/mol. The van der Waals surface area contributed by atoms with Crippen LogP contribution in [0.3, 0.4) is 0 Å². The van der Waals surface area contributed by atoms with Crippen LogP contribution in [0, 0.1) is 0 Å². The molecule has 2 aromatic carbocycles. The third-order valence-corrected chi connectivity index (χ3v) is 6.73. The summed E-state index contributed by atoms with van der Waals surface area (Å²) in [6, 6.07) is 15.2. The lowest BCUT2D eigenvalue weighted by molar-refractivity contribution is 0.0906. The summed E-state index contributed by atoms with van der Waals surface area (Å²) in [6.07, 6.45) is 4.02. The number of hydrogen-bond acceptors (Lipinski definition) is 6. The fraction of sp³-hybridized carbons (Fsp3) is 0.200.